The first-order valence-corrected chi connectivity index (χ1v) is 5.79. The number of allylic oxidation sites excluding steroid dienone is 4. The summed E-state index contributed by atoms with van der Waals surface area (Å²) in [6.45, 7) is 4.31. The molecule has 1 aromatic rings. The molecule has 0 atom stereocenters. The van der Waals surface area contributed by atoms with Gasteiger partial charge in [0.1, 0.15) is 0 Å². The van der Waals surface area contributed by atoms with Crippen molar-refractivity contribution in [3.63, 3.8) is 0 Å². The van der Waals surface area contributed by atoms with Crippen LogP contribution in [0, 0.1) is 6.92 Å². The predicted octanol–water partition coefficient (Wildman–Crippen LogP) is 4.41. The smallest absolute Gasteiger partial charge is 0.0116 e. The minimum Gasteiger partial charge on any atom is -0.143 e. The highest BCUT2D eigenvalue weighted by molar-refractivity contribution is 7.80. The van der Waals surface area contributed by atoms with Crippen molar-refractivity contribution in [1.82, 2.24) is 0 Å². The van der Waals surface area contributed by atoms with Crippen molar-refractivity contribution >= 4 is 18.2 Å². The van der Waals surface area contributed by atoms with Gasteiger partial charge in [0, 0.05) is 4.90 Å². The Morgan fingerprint density at radius 2 is 2.00 bits per heavy atom. The van der Waals surface area contributed by atoms with Crippen molar-refractivity contribution in [3.05, 3.63) is 47.1 Å². The minimum atomic E-state index is 1.09. The van der Waals surface area contributed by atoms with Crippen LogP contribution in [-0.4, -0.2) is 0 Å². The Hall–Kier alpha value is -0.950. The molecule has 0 spiro atoms. The molecular formula is C14H16S. The maximum Gasteiger partial charge on any atom is 0.0116 e. The summed E-state index contributed by atoms with van der Waals surface area (Å²) in [5.41, 5.74) is 5.44. The number of hydrogen-bond acceptors (Lipinski definition) is 1. The van der Waals surface area contributed by atoms with Gasteiger partial charge in [-0.25, -0.2) is 0 Å². The average molecular weight is 216 g/mol. The lowest BCUT2D eigenvalue weighted by Crippen LogP contribution is -1.94. The first-order valence-electron chi connectivity index (χ1n) is 5.35. The van der Waals surface area contributed by atoms with E-state index in [0.717, 1.165) is 17.7 Å². The normalized spacial score (nSPS) is 15.9. The molecule has 0 bridgehead atoms. The van der Waals surface area contributed by atoms with Crippen LogP contribution in [0.25, 0.3) is 5.57 Å². The maximum absolute atomic E-state index is 4.54. The molecule has 0 N–H and O–H groups in total. The van der Waals surface area contributed by atoms with Crippen LogP contribution in [0.15, 0.2) is 40.8 Å². The summed E-state index contributed by atoms with van der Waals surface area (Å²) in [5, 5.41) is 0. The van der Waals surface area contributed by atoms with Crippen molar-refractivity contribution in [1.29, 1.82) is 0 Å². The van der Waals surface area contributed by atoms with Gasteiger partial charge < -0.3 is 0 Å². The summed E-state index contributed by atoms with van der Waals surface area (Å²) in [7, 11) is 0. The number of thiol groups is 1. The fraction of sp³-hybridized carbons (Fsp3) is 0.286. The third-order valence-corrected chi connectivity index (χ3v) is 3.27. The molecule has 2 rings (SSSR count). The summed E-state index contributed by atoms with van der Waals surface area (Å²) in [4.78, 5) is 1.09. The zero-order valence-corrected chi connectivity index (χ0v) is 10.1. The SMILES string of the molecule is CC1=C(c2cc(C)ccc2S)CCC=C1. The molecule has 0 unspecified atom stereocenters. The molecule has 0 fully saturated rings. The molecule has 1 aromatic carbocycles. The molecule has 15 heavy (non-hydrogen) atoms. The van der Waals surface area contributed by atoms with E-state index in [-0.39, 0.29) is 0 Å². The van der Waals surface area contributed by atoms with Crippen LogP contribution >= 0.6 is 12.6 Å². The summed E-state index contributed by atoms with van der Waals surface area (Å²) < 4.78 is 0. The second-order valence-corrected chi connectivity index (χ2v) is 4.61. The lowest BCUT2D eigenvalue weighted by molar-refractivity contribution is 1.03. The number of benzene rings is 1. The van der Waals surface area contributed by atoms with Crippen LogP contribution in [-0.2, 0) is 0 Å². The molecule has 0 nitrogen and oxygen atoms in total. The van der Waals surface area contributed by atoms with Crippen molar-refractivity contribution < 1.29 is 0 Å². The highest BCUT2D eigenvalue weighted by Crippen LogP contribution is 2.32. The molecule has 0 saturated heterocycles. The fourth-order valence-electron chi connectivity index (χ4n) is 2.02. The molecule has 0 aromatic heterocycles. The van der Waals surface area contributed by atoms with E-state index in [1.807, 2.05) is 0 Å². The monoisotopic (exact) mass is 216 g/mol. The minimum absolute atomic E-state index is 1.09. The summed E-state index contributed by atoms with van der Waals surface area (Å²) in [6.07, 6.45) is 6.74. The van der Waals surface area contributed by atoms with Crippen LogP contribution in [0.2, 0.25) is 0 Å². The van der Waals surface area contributed by atoms with Gasteiger partial charge in [-0.2, -0.15) is 0 Å². The standard InChI is InChI=1S/C14H16S/c1-10-7-8-14(15)13(9-10)12-6-4-3-5-11(12)2/h3,5,7-9,15H,4,6H2,1-2H3. The highest BCUT2D eigenvalue weighted by atomic mass is 32.1. The Labute approximate surface area is 97.1 Å². The van der Waals surface area contributed by atoms with Crippen molar-refractivity contribution in [2.45, 2.75) is 31.6 Å². The van der Waals surface area contributed by atoms with Gasteiger partial charge in [0.2, 0.25) is 0 Å². The Morgan fingerprint density at radius 1 is 1.20 bits per heavy atom. The summed E-state index contributed by atoms with van der Waals surface area (Å²) in [6, 6.07) is 6.44. The largest absolute Gasteiger partial charge is 0.143 e. The Bertz CT molecular complexity index is 439. The van der Waals surface area contributed by atoms with Gasteiger partial charge in [0.15, 0.2) is 0 Å². The van der Waals surface area contributed by atoms with Crippen LogP contribution in [0.1, 0.15) is 30.9 Å². The van der Waals surface area contributed by atoms with Crippen molar-refractivity contribution in [2.75, 3.05) is 0 Å². The van der Waals surface area contributed by atoms with Crippen LogP contribution in [0.4, 0.5) is 0 Å². The second kappa shape index (κ2) is 4.28. The average Bonchev–Trinajstić information content (AvgIpc) is 2.23. The molecule has 78 valence electrons. The first kappa shape index (κ1) is 10.6. The second-order valence-electron chi connectivity index (χ2n) is 4.12. The van der Waals surface area contributed by atoms with E-state index in [4.69, 9.17) is 0 Å². The number of aryl methyl sites for hydroxylation is 1. The van der Waals surface area contributed by atoms with Gasteiger partial charge in [0.25, 0.3) is 0 Å². The zero-order valence-electron chi connectivity index (χ0n) is 9.25. The fourth-order valence-corrected chi connectivity index (χ4v) is 2.30. The molecule has 0 aliphatic heterocycles. The molecular weight excluding hydrogens is 200 g/mol. The van der Waals surface area contributed by atoms with Gasteiger partial charge in [0.05, 0.1) is 0 Å². The maximum atomic E-state index is 4.54. The van der Waals surface area contributed by atoms with Gasteiger partial charge in [-0.1, -0.05) is 29.8 Å². The predicted molar refractivity (Wildman–Crippen MR) is 69.4 cm³/mol. The summed E-state index contributed by atoms with van der Waals surface area (Å²) >= 11 is 4.54. The molecule has 1 aliphatic carbocycles. The highest BCUT2D eigenvalue weighted by Gasteiger charge is 2.10. The quantitative estimate of drug-likeness (QED) is 0.661. The molecule has 1 heteroatoms. The van der Waals surface area contributed by atoms with Crippen LogP contribution in [0.5, 0.6) is 0 Å². The van der Waals surface area contributed by atoms with Gasteiger partial charge in [-0.15, -0.1) is 12.6 Å². The Kier molecular flexibility index (Phi) is 3.01. The topological polar surface area (TPSA) is 0 Å². The molecule has 0 radical (unpaired) electrons. The van der Waals surface area contributed by atoms with Gasteiger partial charge in [-0.05, 0) is 49.5 Å². The van der Waals surface area contributed by atoms with E-state index in [0.29, 0.717) is 0 Å². The number of hydrogen-bond donors (Lipinski definition) is 1. The first-order chi connectivity index (χ1) is 7.18. The van der Waals surface area contributed by atoms with Crippen molar-refractivity contribution in [2.24, 2.45) is 0 Å². The number of rotatable bonds is 1. The van der Waals surface area contributed by atoms with E-state index in [1.165, 1.54) is 22.3 Å². The molecule has 1 aliphatic rings. The Morgan fingerprint density at radius 3 is 2.73 bits per heavy atom. The third kappa shape index (κ3) is 2.18. The van der Waals surface area contributed by atoms with Crippen LogP contribution < -0.4 is 0 Å². The lowest BCUT2D eigenvalue weighted by atomic mass is 9.92. The Balaban J connectivity index is 2.53. The van der Waals surface area contributed by atoms with E-state index in [2.05, 4.69) is 56.8 Å². The molecule has 0 amide bonds. The van der Waals surface area contributed by atoms with Gasteiger partial charge in [-0.3, -0.25) is 0 Å². The van der Waals surface area contributed by atoms with Crippen molar-refractivity contribution in [3.8, 4) is 0 Å². The summed E-state index contributed by atoms with van der Waals surface area (Å²) in [5.74, 6) is 0. The van der Waals surface area contributed by atoms with E-state index < -0.39 is 0 Å². The zero-order chi connectivity index (χ0) is 10.8. The molecule has 0 saturated carbocycles. The molecule has 0 heterocycles. The van der Waals surface area contributed by atoms with Crippen LogP contribution in [0.3, 0.4) is 0 Å². The van der Waals surface area contributed by atoms with E-state index in [1.54, 1.807) is 0 Å². The van der Waals surface area contributed by atoms with Gasteiger partial charge >= 0.3 is 0 Å². The van der Waals surface area contributed by atoms with E-state index in [9.17, 15) is 0 Å². The lowest BCUT2D eigenvalue weighted by Gasteiger charge is -2.16. The third-order valence-electron chi connectivity index (χ3n) is 2.88. The van der Waals surface area contributed by atoms with E-state index >= 15 is 0 Å².